The first-order valence-electron chi connectivity index (χ1n) is 5.72. The Labute approximate surface area is 113 Å². The van der Waals surface area contributed by atoms with Crippen LogP contribution in [0.3, 0.4) is 0 Å². The van der Waals surface area contributed by atoms with E-state index in [2.05, 4.69) is 68.1 Å². The molecular formula is C15H16S2. The molecule has 0 aliphatic heterocycles. The van der Waals surface area contributed by atoms with Crippen LogP contribution in [0.4, 0.5) is 0 Å². The molecule has 0 aliphatic rings. The average molecular weight is 260 g/mol. The van der Waals surface area contributed by atoms with Crippen LogP contribution in [0, 0.1) is 6.92 Å². The number of benzene rings is 2. The van der Waals surface area contributed by atoms with Gasteiger partial charge in [0, 0.05) is 9.79 Å². The predicted octanol–water partition coefficient (Wildman–Crippen LogP) is 4.62. The molecule has 0 fully saturated rings. The van der Waals surface area contributed by atoms with E-state index < -0.39 is 0 Å². The number of hydrogen-bond donors (Lipinski definition) is 1. The summed E-state index contributed by atoms with van der Waals surface area (Å²) in [4.78, 5) is 2.58. The van der Waals surface area contributed by atoms with Crippen LogP contribution in [0.1, 0.15) is 11.1 Å². The van der Waals surface area contributed by atoms with Crippen molar-refractivity contribution < 1.29 is 0 Å². The summed E-state index contributed by atoms with van der Waals surface area (Å²) in [5.41, 5.74) is 2.66. The molecule has 0 heterocycles. The van der Waals surface area contributed by atoms with E-state index in [1.165, 1.54) is 20.9 Å². The smallest absolute Gasteiger partial charge is 0.0122 e. The number of thiol groups is 1. The zero-order valence-corrected chi connectivity index (χ0v) is 11.6. The van der Waals surface area contributed by atoms with Gasteiger partial charge >= 0.3 is 0 Å². The number of hydrogen-bond acceptors (Lipinski definition) is 2. The van der Waals surface area contributed by atoms with E-state index in [4.69, 9.17) is 0 Å². The van der Waals surface area contributed by atoms with Crippen molar-refractivity contribution in [1.82, 2.24) is 0 Å². The third kappa shape index (κ3) is 3.83. The fourth-order valence-electron chi connectivity index (χ4n) is 1.60. The maximum atomic E-state index is 4.24. The van der Waals surface area contributed by atoms with E-state index in [1.807, 2.05) is 0 Å². The van der Waals surface area contributed by atoms with Gasteiger partial charge in [-0.3, -0.25) is 0 Å². The van der Waals surface area contributed by atoms with Crippen molar-refractivity contribution in [1.29, 1.82) is 0 Å². The Morgan fingerprint density at radius 3 is 1.94 bits per heavy atom. The molecule has 0 atom stereocenters. The van der Waals surface area contributed by atoms with Crippen molar-refractivity contribution in [3.05, 3.63) is 59.7 Å². The monoisotopic (exact) mass is 260 g/mol. The molecule has 0 amide bonds. The summed E-state index contributed by atoms with van der Waals surface area (Å²) < 4.78 is 0. The van der Waals surface area contributed by atoms with Gasteiger partial charge in [-0.15, -0.1) is 0 Å². The summed E-state index contributed by atoms with van der Waals surface area (Å²) in [5, 5.41) is 0. The normalized spacial score (nSPS) is 10.5. The lowest BCUT2D eigenvalue weighted by Crippen LogP contribution is -1.85. The van der Waals surface area contributed by atoms with Crippen LogP contribution in [-0.2, 0) is 6.42 Å². The molecule has 17 heavy (non-hydrogen) atoms. The molecule has 0 N–H and O–H groups in total. The molecule has 2 aromatic rings. The topological polar surface area (TPSA) is 0 Å². The van der Waals surface area contributed by atoms with Gasteiger partial charge in [-0.05, 0) is 48.9 Å². The Morgan fingerprint density at radius 1 is 0.882 bits per heavy atom. The Kier molecular flexibility index (Phi) is 4.57. The van der Waals surface area contributed by atoms with Gasteiger partial charge in [-0.2, -0.15) is 12.6 Å². The van der Waals surface area contributed by atoms with Crippen LogP contribution in [0.2, 0.25) is 0 Å². The number of aryl methyl sites for hydroxylation is 2. The lowest BCUT2D eigenvalue weighted by atomic mass is 10.2. The van der Waals surface area contributed by atoms with Gasteiger partial charge in [0.25, 0.3) is 0 Å². The van der Waals surface area contributed by atoms with E-state index in [9.17, 15) is 0 Å². The fraction of sp³-hybridized carbons (Fsp3) is 0.200. The number of rotatable bonds is 4. The Bertz CT molecular complexity index is 457. The zero-order valence-electron chi connectivity index (χ0n) is 9.89. The highest BCUT2D eigenvalue weighted by Crippen LogP contribution is 2.27. The molecule has 2 heteroatoms. The molecule has 88 valence electrons. The molecule has 0 nitrogen and oxygen atoms in total. The molecule has 0 aromatic heterocycles. The molecule has 0 aliphatic carbocycles. The van der Waals surface area contributed by atoms with Gasteiger partial charge in [0.15, 0.2) is 0 Å². The van der Waals surface area contributed by atoms with Crippen LogP contribution in [0.25, 0.3) is 0 Å². The third-order valence-electron chi connectivity index (χ3n) is 2.58. The van der Waals surface area contributed by atoms with Gasteiger partial charge < -0.3 is 0 Å². The van der Waals surface area contributed by atoms with E-state index in [-0.39, 0.29) is 0 Å². The van der Waals surface area contributed by atoms with Gasteiger partial charge in [0.1, 0.15) is 0 Å². The van der Waals surface area contributed by atoms with Crippen LogP contribution in [0.5, 0.6) is 0 Å². The van der Waals surface area contributed by atoms with Gasteiger partial charge in [-0.1, -0.05) is 41.6 Å². The largest absolute Gasteiger partial charge is 0.179 e. The lowest BCUT2D eigenvalue weighted by molar-refractivity contribution is 1.15. The van der Waals surface area contributed by atoms with Crippen molar-refractivity contribution in [3.63, 3.8) is 0 Å². The zero-order chi connectivity index (χ0) is 12.1. The van der Waals surface area contributed by atoms with Gasteiger partial charge in [0.05, 0.1) is 0 Å². The molecule has 2 aromatic carbocycles. The SMILES string of the molecule is Cc1ccc(Sc2ccc(CCS)cc2)cc1. The first kappa shape index (κ1) is 12.6. The van der Waals surface area contributed by atoms with Crippen molar-refractivity contribution in [2.45, 2.75) is 23.1 Å². The Hall–Kier alpha value is -0.860. The lowest BCUT2D eigenvalue weighted by Gasteiger charge is -2.03. The van der Waals surface area contributed by atoms with Crippen LogP contribution < -0.4 is 0 Å². The Morgan fingerprint density at radius 2 is 1.41 bits per heavy atom. The summed E-state index contributed by atoms with van der Waals surface area (Å²) in [7, 11) is 0. The van der Waals surface area contributed by atoms with Gasteiger partial charge in [-0.25, -0.2) is 0 Å². The minimum atomic E-state index is 0.907. The molecule has 0 spiro atoms. The minimum Gasteiger partial charge on any atom is -0.179 e. The summed E-state index contributed by atoms with van der Waals surface area (Å²) in [6, 6.07) is 17.4. The van der Waals surface area contributed by atoms with E-state index in [0.717, 1.165) is 12.2 Å². The maximum absolute atomic E-state index is 4.24. The summed E-state index contributed by atoms with van der Waals surface area (Å²) in [5.74, 6) is 0.907. The van der Waals surface area contributed by atoms with E-state index in [1.54, 1.807) is 11.8 Å². The highest BCUT2D eigenvalue weighted by Gasteiger charge is 1.97. The van der Waals surface area contributed by atoms with Crippen molar-refractivity contribution in [2.75, 3.05) is 5.75 Å². The molecular weight excluding hydrogens is 244 g/mol. The summed E-state index contributed by atoms with van der Waals surface area (Å²) in [6.07, 6.45) is 1.04. The minimum absolute atomic E-state index is 0.907. The Balaban J connectivity index is 2.05. The molecule has 0 radical (unpaired) electrons. The molecule has 0 bridgehead atoms. The quantitative estimate of drug-likeness (QED) is 0.783. The third-order valence-corrected chi connectivity index (χ3v) is 3.82. The molecule has 2 rings (SSSR count). The maximum Gasteiger partial charge on any atom is 0.0122 e. The van der Waals surface area contributed by atoms with Crippen molar-refractivity contribution in [3.8, 4) is 0 Å². The van der Waals surface area contributed by atoms with E-state index in [0.29, 0.717) is 0 Å². The summed E-state index contributed by atoms with van der Waals surface area (Å²) in [6.45, 7) is 2.11. The van der Waals surface area contributed by atoms with Crippen molar-refractivity contribution in [2.24, 2.45) is 0 Å². The molecule has 0 saturated carbocycles. The second-order valence-electron chi connectivity index (χ2n) is 4.03. The molecule has 0 unspecified atom stereocenters. The first-order valence-corrected chi connectivity index (χ1v) is 7.17. The predicted molar refractivity (Wildman–Crippen MR) is 79.3 cm³/mol. The van der Waals surface area contributed by atoms with Crippen LogP contribution in [0.15, 0.2) is 58.3 Å². The second-order valence-corrected chi connectivity index (χ2v) is 5.63. The highest BCUT2D eigenvalue weighted by molar-refractivity contribution is 7.99. The van der Waals surface area contributed by atoms with Crippen LogP contribution in [-0.4, -0.2) is 5.75 Å². The van der Waals surface area contributed by atoms with E-state index >= 15 is 0 Å². The average Bonchev–Trinajstić information content (AvgIpc) is 2.35. The molecule has 0 saturated heterocycles. The highest BCUT2D eigenvalue weighted by atomic mass is 32.2. The second kappa shape index (κ2) is 6.18. The van der Waals surface area contributed by atoms with Crippen molar-refractivity contribution >= 4 is 24.4 Å². The van der Waals surface area contributed by atoms with Crippen LogP contribution >= 0.6 is 24.4 Å². The fourth-order valence-corrected chi connectivity index (χ4v) is 2.67. The standard InChI is InChI=1S/C15H16S2/c1-12-2-6-14(7-3-12)17-15-8-4-13(5-9-15)10-11-16/h2-9,16H,10-11H2,1H3. The summed E-state index contributed by atoms with van der Waals surface area (Å²) >= 11 is 6.05. The first-order chi connectivity index (χ1) is 8.28. The van der Waals surface area contributed by atoms with Gasteiger partial charge in [0.2, 0.25) is 0 Å².